The molecule has 0 bridgehead atoms. The van der Waals surface area contributed by atoms with E-state index in [-0.39, 0.29) is 26.8 Å². The van der Waals surface area contributed by atoms with Gasteiger partial charge in [0.25, 0.3) is 0 Å². The second-order valence-corrected chi connectivity index (χ2v) is 10.9. The van der Waals surface area contributed by atoms with E-state index in [0.29, 0.717) is 36.8 Å². The summed E-state index contributed by atoms with van der Waals surface area (Å²) in [6.07, 6.45) is 1.77. The Kier molecular flexibility index (Phi) is 7.33. The Labute approximate surface area is 219 Å². The highest BCUT2D eigenvalue weighted by molar-refractivity contribution is 9.10. The van der Waals surface area contributed by atoms with Crippen LogP contribution < -0.4 is 10.2 Å². The Hall–Kier alpha value is -2.15. The van der Waals surface area contributed by atoms with E-state index in [4.69, 9.17) is 16.6 Å². The molecular formula is C22H25BrClFN8OS. The Bertz CT molecular complexity index is 1220. The SMILES string of the molecule is CN1CCCC(CNc2nc(N3CCN(Cc4nncs4)CC3)nc3c(F)c(Br)c(Cl)cc23)C1=O. The molecule has 9 nitrogen and oxygen atoms in total. The van der Waals surface area contributed by atoms with Gasteiger partial charge in [-0.25, -0.2) is 9.37 Å². The van der Waals surface area contributed by atoms with Gasteiger partial charge in [-0.05, 0) is 34.8 Å². The van der Waals surface area contributed by atoms with Crippen molar-refractivity contribution in [3.05, 3.63) is 31.9 Å². The van der Waals surface area contributed by atoms with E-state index in [1.54, 1.807) is 27.8 Å². The van der Waals surface area contributed by atoms with Crippen molar-refractivity contribution in [2.45, 2.75) is 19.4 Å². The van der Waals surface area contributed by atoms with Crippen LogP contribution >= 0.6 is 38.9 Å². The molecule has 13 heteroatoms. The number of rotatable bonds is 6. The maximum atomic E-state index is 15.2. The predicted molar refractivity (Wildman–Crippen MR) is 138 cm³/mol. The van der Waals surface area contributed by atoms with Gasteiger partial charge in [-0.15, -0.1) is 21.5 Å². The quantitative estimate of drug-likeness (QED) is 0.440. The first-order valence-corrected chi connectivity index (χ1v) is 13.5. The van der Waals surface area contributed by atoms with Crippen LogP contribution in [-0.2, 0) is 11.3 Å². The maximum Gasteiger partial charge on any atom is 0.228 e. The van der Waals surface area contributed by atoms with Gasteiger partial charge in [-0.2, -0.15) is 4.98 Å². The fourth-order valence-corrected chi connectivity index (χ4v) is 5.59. The normalized spacial score (nSPS) is 19.5. The molecule has 0 spiro atoms. The Morgan fingerprint density at radius 1 is 1.26 bits per heavy atom. The standard InChI is InChI=1S/C22H25BrClFN8OS/c1-31-4-2-3-13(21(31)34)10-26-20-14-9-15(24)17(23)18(25)19(14)28-22(29-20)33-7-5-32(6-8-33)11-16-30-27-12-35-16/h9,12-13H,2-8,10-11H2,1H3,(H,26,28,29). The molecule has 0 saturated carbocycles. The number of likely N-dealkylation sites (tertiary alicyclic amines) is 1. The fourth-order valence-electron chi connectivity index (χ4n) is 4.53. The highest BCUT2D eigenvalue weighted by Crippen LogP contribution is 2.35. The van der Waals surface area contributed by atoms with Crippen molar-refractivity contribution >= 4 is 67.4 Å². The number of aromatic nitrogens is 4. The van der Waals surface area contributed by atoms with Crippen LogP contribution in [0.2, 0.25) is 5.02 Å². The van der Waals surface area contributed by atoms with Crippen molar-refractivity contribution in [1.29, 1.82) is 0 Å². The predicted octanol–water partition coefficient (Wildman–Crippen LogP) is 3.64. The maximum absolute atomic E-state index is 15.2. The van der Waals surface area contributed by atoms with Crippen LogP contribution in [0.25, 0.3) is 10.9 Å². The zero-order valence-corrected chi connectivity index (χ0v) is 22.3. The molecule has 0 radical (unpaired) electrons. The van der Waals surface area contributed by atoms with E-state index < -0.39 is 5.82 Å². The van der Waals surface area contributed by atoms with E-state index >= 15 is 4.39 Å². The Morgan fingerprint density at radius 2 is 2.06 bits per heavy atom. The first kappa shape index (κ1) is 24.5. The van der Waals surface area contributed by atoms with Gasteiger partial charge in [0.2, 0.25) is 11.9 Å². The van der Waals surface area contributed by atoms with Gasteiger partial charge in [0.05, 0.1) is 22.0 Å². The van der Waals surface area contributed by atoms with E-state index in [1.165, 1.54) is 0 Å². The molecule has 1 N–H and O–H groups in total. The number of carbonyl (C=O) groups is 1. The molecule has 3 aromatic rings. The van der Waals surface area contributed by atoms with Crippen molar-refractivity contribution < 1.29 is 9.18 Å². The van der Waals surface area contributed by atoms with Crippen molar-refractivity contribution in [1.82, 2.24) is 30.0 Å². The van der Waals surface area contributed by atoms with Gasteiger partial charge in [-0.1, -0.05) is 11.6 Å². The molecule has 2 fully saturated rings. The lowest BCUT2D eigenvalue weighted by Gasteiger charge is -2.34. The third-order valence-electron chi connectivity index (χ3n) is 6.52. The molecule has 0 aliphatic carbocycles. The minimum atomic E-state index is -0.525. The number of anilines is 2. The van der Waals surface area contributed by atoms with E-state index in [1.807, 2.05) is 7.05 Å². The molecule has 35 heavy (non-hydrogen) atoms. The lowest BCUT2D eigenvalue weighted by Crippen LogP contribution is -2.46. The molecule has 5 rings (SSSR count). The van der Waals surface area contributed by atoms with Gasteiger partial charge >= 0.3 is 0 Å². The zero-order valence-electron chi connectivity index (χ0n) is 19.2. The molecule has 2 aromatic heterocycles. The van der Waals surface area contributed by atoms with Crippen molar-refractivity contribution in [2.75, 3.05) is 56.5 Å². The summed E-state index contributed by atoms with van der Waals surface area (Å²) in [6, 6.07) is 1.66. The number of nitrogens with zero attached hydrogens (tertiary/aromatic N) is 7. The molecule has 2 saturated heterocycles. The van der Waals surface area contributed by atoms with Crippen LogP contribution in [0.15, 0.2) is 16.0 Å². The van der Waals surface area contributed by atoms with Crippen LogP contribution in [-0.4, -0.2) is 82.2 Å². The largest absolute Gasteiger partial charge is 0.369 e. The summed E-state index contributed by atoms with van der Waals surface area (Å²) in [5.74, 6) is 0.372. The first-order chi connectivity index (χ1) is 16.9. The summed E-state index contributed by atoms with van der Waals surface area (Å²) < 4.78 is 15.4. The summed E-state index contributed by atoms with van der Waals surface area (Å²) in [6.45, 7) is 4.96. The number of piperidine rings is 1. The highest BCUT2D eigenvalue weighted by atomic mass is 79.9. The van der Waals surface area contributed by atoms with Gasteiger partial charge in [0.1, 0.15) is 21.9 Å². The highest BCUT2D eigenvalue weighted by Gasteiger charge is 2.27. The summed E-state index contributed by atoms with van der Waals surface area (Å²) in [5, 5.41) is 13.1. The molecule has 186 valence electrons. The number of halogens is 3. The van der Waals surface area contributed by atoms with Crippen LogP contribution in [0, 0.1) is 11.7 Å². The number of piperazine rings is 1. The molecular weight excluding hydrogens is 559 g/mol. The van der Waals surface area contributed by atoms with Crippen molar-refractivity contribution in [3.8, 4) is 0 Å². The molecule has 2 aliphatic rings. The molecule has 4 heterocycles. The summed E-state index contributed by atoms with van der Waals surface area (Å²) in [7, 11) is 1.82. The Morgan fingerprint density at radius 3 is 2.80 bits per heavy atom. The smallest absolute Gasteiger partial charge is 0.228 e. The third-order valence-corrected chi connectivity index (χ3v) is 8.51. The molecule has 2 aliphatic heterocycles. The number of hydrogen-bond acceptors (Lipinski definition) is 9. The van der Waals surface area contributed by atoms with Crippen LogP contribution in [0.1, 0.15) is 17.8 Å². The topological polar surface area (TPSA) is 90.4 Å². The summed E-state index contributed by atoms with van der Waals surface area (Å²) >= 11 is 11.0. The van der Waals surface area contributed by atoms with Crippen LogP contribution in [0.5, 0.6) is 0 Å². The number of nitrogens with one attached hydrogen (secondary N) is 1. The monoisotopic (exact) mass is 582 g/mol. The second kappa shape index (κ2) is 10.5. The van der Waals surface area contributed by atoms with E-state index in [2.05, 4.69) is 46.2 Å². The average molecular weight is 584 g/mol. The number of hydrogen-bond donors (Lipinski definition) is 1. The third kappa shape index (κ3) is 5.20. The first-order valence-electron chi connectivity index (χ1n) is 11.5. The minimum absolute atomic E-state index is 0.112. The van der Waals surface area contributed by atoms with E-state index in [0.717, 1.165) is 44.0 Å². The molecule has 1 amide bonds. The molecule has 1 aromatic carbocycles. The lowest BCUT2D eigenvalue weighted by atomic mass is 9.97. The van der Waals surface area contributed by atoms with Gasteiger partial charge in [0, 0.05) is 51.7 Å². The number of benzene rings is 1. The summed E-state index contributed by atoms with van der Waals surface area (Å²) in [5.41, 5.74) is 1.93. The van der Waals surface area contributed by atoms with Crippen molar-refractivity contribution in [3.63, 3.8) is 0 Å². The zero-order chi connectivity index (χ0) is 24.5. The van der Waals surface area contributed by atoms with Gasteiger partial charge in [-0.3, -0.25) is 9.69 Å². The Balaban J connectivity index is 1.40. The molecule has 1 atom stereocenters. The summed E-state index contributed by atoms with van der Waals surface area (Å²) in [4.78, 5) is 28.0. The number of amides is 1. The van der Waals surface area contributed by atoms with Gasteiger partial charge < -0.3 is 15.1 Å². The van der Waals surface area contributed by atoms with Crippen LogP contribution in [0.4, 0.5) is 16.2 Å². The number of carbonyl (C=O) groups excluding carboxylic acids is 1. The molecule has 1 unspecified atom stereocenters. The van der Waals surface area contributed by atoms with Gasteiger partial charge in [0.15, 0.2) is 5.82 Å². The fraction of sp³-hybridized carbons (Fsp3) is 0.500. The average Bonchev–Trinajstić information content (AvgIpc) is 3.37. The number of fused-ring (bicyclic) bond motifs is 1. The minimum Gasteiger partial charge on any atom is -0.369 e. The second-order valence-electron chi connectivity index (χ2n) is 8.83. The van der Waals surface area contributed by atoms with Crippen LogP contribution in [0.3, 0.4) is 0 Å². The van der Waals surface area contributed by atoms with Crippen molar-refractivity contribution in [2.24, 2.45) is 5.92 Å². The lowest BCUT2D eigenvalue weighted by molar-refractivity contribution is -0.136. The van der Waals surface area contributed by atoms with E-state index in [9.17, 15) is 4.79 Å².